The molecule has 41 heavy (non-hydrogen) atoms. The summed E-state index contributed by atoms with van der Waals surface area (Å²) >= 11 is 0. The molecule has 14 heteroatoms. The lowest BCUT2D eigenvalue weighted by molar-refractivity contribution is -0.268. The number of rotatable bonds is 4. The number of fused-ring (bicyclic) bond motifs is 1. The SMILES string of the molecule is C[C@@H]1O[C@@H](c2c(O[C@@H]3O[C@@H](C)[C@H](O)[C@@H](O)[C@H]3O)cc(O)c3c(=O)cc(-c4ccc(O)c(O)c4)oc23)[C@H](O)[C@H](O)[C@H]1O. The topological polar surface area (TPSA) is 240 Å². The van der Waals surface area contributed by atoms with Crippen molar-refractivity contribution in [3.05, 3.63) is 46.1 Å². The van der Waals surface area contributed by atoms with Gasteiger partial charge in [-0.3, -0.25) is 4.79 Å². The minimum Gasteiger partial charge on any atom is -0.507 e. The van der Waals surface area contributed by atoms with Crippen LogP contribution in [0.5, 0.6) is 23.0 Å². The van der Waals surface area contributed by atoms with Crippen molar-refractivity contribution in [1.29, 1.82) is 0 Å². The van der Waals surface area contributed by atoms with E-state index >= 15 is 0 Å². The molecule has 2 fully saturated rings. The van der Waals surface area contributed by atoms with Crippen molar-refractivity contribution in [2.75, 3.05) is 0 Å². The number of ether oxygens (including phenoxy) is 3. The molecular weight excluding hydrogens is 548 g/mol. The quantitative estimate of drug-likeness (QED) is 0.174. The Hall–Kier alpha value is -3.47. The molecule has 0 unspecified atom stereocenters. The number of hydrogen-bond acceptors (Lipinski definition) is 14. The highest BCUT2D eigenvalue weighted by atomic mass is 16.7. The van der Waals surface area contributed by atoms with Crippen molar-refractivity contribution in [2.45, 2.75) is 75.1 Å². The van der Waals surface area contributed by atoms with Crippen molar-refractivity contribution >= 4 is 11.0 Å². The van der Waals surface area contributed by atoms with Crippen LogP contribution in [0.15, 0.2) is 39.5 Å². The van der Waals surface area contributed by atoms with Gasteiger partial charge in [-0.2, -0.15) is 0 Å². The molecular formula is C27H30O14. The molecule has 2 saturated heterocycles. The van der Waals surface area contributed by atoms with Gasteiger partial charge < -0.3 is 64.6 Å². The van der Waals surface area contributed by atoms with E-state index in [1.165, 1.54) is 19.9 Å². The number of benzene rings is 2. The molecule has 10 atom stereocenters. The lowest BCUT2D eigenvalue weighted by Crippen LogP contribution is -2.58. The van der Waals surface area contributed by atoms with Gasteiger partial charge in [-0.15, -0.1) is 0 Å². The molecule has 5 rings (SSSR count). The maximum absolute atomic E-state index is 13.2. The summed E-state index contributed by atoms with van der Waals surface area (Å²) in [6, 6.07) is 5.60. The summed E-state index contributed by atoms with van der Waals surface area (Å²) in [5.41, 5.74) is -1.23. The highest BCUT2D eigenvalue weighted by Gasteiger charge is 2.47. The standard InChI is InChI=1S/C27H30O14/c1-8-19(32)21(34)23(36)26(38-8)18-16(41-27-24(37)22(35)20(33)9(2)39-27)7-14(31)17-13(30)6-15(40-25(17)18)10-3-4-11(28)12(29)5-10/h3-9,19-24,26-29,31-37H,1-2H3/t8-,9-,19-,20-,21+,22+,23+,24+,26-,27-/m0/s1. The highest BCUT2D eigenvalue weighted by molar-refractivity contribution is 5.90. The molecule has 0 amide bonds. The summed E-state index contributed by atoms with van der Waals surface area (Å²) in [4.78, 5) is 13.2. The average Bonchev–Trinajstić information content (AvgIpc) is 2.93. The number of aliphatic hydroxyl groups excluding tert-OH is 6. The highest BCUT2D eigenvalue weighted by Crippen LogP contribution is 2.45. The molecule has 9 N–H and O–H groups in total. The minimum absolute atomic E-state index is 0.141. The molecule has 0 bridgehead atoms. The van der Waals surface area contributed by atoms with E-state index in [0.717, 1.165) is 24.3 Å². The third kappa shape index (κ3) is 4.98. The lowest BCUT2D eigenvalue weighted by Gasteiger charge is -2.41. The van der Waals surface area contributed by atoms with Crippen LogP contribution in [0.25, 0.3) is 22.3 Å². The molecule has 2 aliphatic heterocycles. The monoisotopic (exact) mass is 578 g/mol. The average molecular weight is 579 g/mol. The molecule has 2 aliphatic rings. The second kappa shape index (κ2) is 10.7. The van der Waals surface area contributed by atoms with Gasteiger partial charge in [0.05, 0.1) is 17.8 Å². The molecule has 0 aliphatic carbocycles. The fraction of sp³-hybridized carbons (Fsp3) is 0.444. The van der Waals surface area contributed by atoms with E-state index in [4.69, 9.17) is 18.6 Å². The van der Waals surface area contributed by atoms with E-state index in [0.29, 0.717) is 0 Å². The van der Waals surface area contributed by atoms with Crippen LogP contribution in [-0.4, -0.2) is 101 Å². The van der Waals surface area contributed by atoms with Gasteiger partial charge >= 0.3 is 0 Å². The number of phenolic OH excluding ortho intramolecular Hbond substituents is 3. The van der Waals surface area contributed by atoms with Crippen LogP contribution in [0.3, 0.4) is 0 Å². The van der Waals surface area contributed by atoms with E-state index in [2.05, 4.69) is 0 Å². The van der Waals surface area contributed by atoms with Crippen LogP contribution in [0, 0.1) is 0 Å². The van der Waals surface area contributed by atoms with Crippen molar-refractivity contribution in [3.63, 3.8) is 0 Å². The molecule has 3 heterocycles. The molecule has 2 aromatic carbocycles. The van der Waals surface area contributed by atoms with Crippen LogP contribution >= 0.6 is 0 Å². The molecule has 0 saturated carbocycles. The Bertz CT molecular complexity index is 1500. The Kier molecular flexibility index (Phi) is 7.61. The summed E-state index contributed by atoms with van der Waals surface area (Å²) in [5.74, 6) is -2.09. The van der Waals surface area contributed by atoms with Crippen molar-refractivity contribution < 1.29 is 64.6 Å². The zero-order chi connectivity index (χ0) is 29.9. The Labute approximate surface area is 231 Å². The van der Waals surface area contributed by atoms with Gasteiger partial charge in [0.2, 0.25) is 6.29 Å². The van der Waals surface area contributed by atoms with Gasteiger partial charge in [0.25, 0.3) is 0 Å². The third-order valence-electron chi connectivity index (χ3n) is 7.43. The second-order valence-corrected chi connectivity index (χ2v) is 10.2. The van der Waals surface area contributed by atoms with Crippen LogP contribution in [0.4, 0.5) is 0 Å². The third-order valence-corrected chi connectivity index (χ3v) is 7.43. The Balaban J connectivity index is 1.74. The summed E-state index contributed by atoms with van der Waals surface area (Å²) in [6.45, 7) is 2.84. The van der Waals surface area contributed by atoms with Crippen molar-refractivity contribution in [2.24, 2.45) is 0 Å². The number of aliphatic hydroxyl groups is 6. The van der Waals surface area contributed by atoms with Gasteiger partial charge in [-0.25, -0.2) is 0 Å². The van der Waals surface area contributed by atoms with Crippen LogP contribution in [-0.2, 0) is 9.47 Å². The van der Waals surface area contributed by atoms with Gasteiger partial charge in [0, 0.05) is 17.7 Å². The molecule has 0 radical (unpaired) electrons. The van der Waals surface area contributed by atoms with Crippen molar-refractivity contribution in [3.8, 4) is 34.3 Å². The first-order valence-corrected chi connectivity index (χ1v) is 12.7. The minimum atomic E-state index is -1.81. The lowest BCUT2D eigenvalue weighted by atomic mass is 9.90. The second-order valence-electron chi connectivity index (χ2n) is 10.2. The summed E-state index contributed by atoms with van der Waals surface area (Å²) in [6.07, 6.45) is -15.2. The first-order chi connectivity index (χ1) is 19.3. The summed E-state index contributed by atoms with van der Waals surface area (Å²) < 4.78 is 23.1. The summed E-state index contributed by atoms with van der Waals surface area (Å²) in [5, 5.41) is 92.7. The van der Waals surface area contributed by atoms with Crippen LogP contribution < -0.4 is 10.2 Å². The smallest absolute Gasteiger partial charge is 0.229 e. The maximum atomic E-state index is 13.2. The first kappa shape index (κ1) is 29.0. The fourth-order valence-electron chi connectivity index (χ4n) is 5.02. The van der Waals surface area contributed by atoms with E-state index in [1.54, 1.807) is 0 Å². The van der Waals surface area contributed by atoms with E-state index in [-0.39, 0.29) is 33.6 Å². The van der Waals surface area contributed by atoms with Crippen LogP contribution in [0.1, 0.15) is 25.5 Å². The molecule has 14 nitrogen and oxygen atoms in total. The molecule has 3 aromatic rings. The zero-order valence-corrected chi connectivity index (χ0v) is 21.7. The number of hydrogen-bond donors (Lipinski definition) is 9. The molecule has 1 aromatic heterocycles. The zero-order valence-electron chi connectivity index (χ0n) is 21.7. The fourth-order valence-corrected chi connectivity index (χ4v) is 5.02. The predicted octanol–water partition coefficient (Wildman–Crippen LogP) is -0.674. The van der Waals surface area contributed by atoms with E-state index in [1.807, 2.05) is 0 Å². The van der Waals surface area contributed by atoms with Crippen LogP contribution in [0.2, 0.25) is 0 Å². The van der Waals surface area contributed by atoms with Crippen molar-refractivity contribution in [1.82, 2.24) is 0 Å². The first-order valence-electron chi connectivity index (χ1n) is 12.7. The molecule has 222 valence electrons. The Morgan fingerprint density at radius 2 is 1.34 bits per heavy atom. The predicted molar refractivity (Wildman–Crippen MR) is 137 cm³/mol. The largest absolute Gasteiger partial charge is 0.507 e. The normalized spacial score (nSPS) is 34.0. The molecule has 0 spiro atoms. The van der Waals surface area contributed by atoms with Gasteiger partial charge in [0.15, 0.2) is 22.5 Å². The Morgan fingerprint density at radius 3 is 2.00 bits per heavy atom. The van der Waals surface area contributed by atoms with Gasteiger partial charge in [0.1, 0.15) is 65.4 Å². The Morgan fingerprint density at radius 1 is 0.707 bits per heavy atom. The summed E-state index contributed by atoms with van der Waals surface area (Å²) in [7, 11) is 0. The van der Waals surface area contributed by atoms with Gasteiger partial charge in [-0.05, 0) is 32.0 Å². The maximum Gasteiger partial charge on any atom is 0.229 e. The van der Waals surface area contributed by atoms with Gasteiger partial charge in [-0.1, -0.05) is 0 Å². The number of phenols is 3. The van der Waals surface area contributed by atoms with E-state index < -0.39 is 83.9 Å². The number of aromatic hydroxyl groups is 3. The van der Waals surface area contributed by atoms with E-state index in [9.17, 15) is 50.8 Å².